The van der Waals surface area contributed by atoms with Gasteiger partial charge < -0.3 is 5.32 Å². The molecule has 0 saturated carbocycles. The van der Waals surface area contributed by atoms with Crippen LogP contribution >= 0.6 is 0 Å². The topological polar surface area (TPSA) is 53.6 Å². The molecule has 18 heavy (non-hydrogen) atoms. The Hall–Kier alpha value is -2.12. The van der Waals surface area contributed by atoms with Gasteiger partial charge >= 0.3 is 0 Å². The Morgan fingerprint density at radius 1 is 1.33 bits per heavy atom. The Kier molecular flexibility index (Phi) is 3.75. The number of nitriles is 1. The molecule has 0 saturated heterocycles. The van der Waals surface area contributed by atoms with Crippen molar-refractivity contribution in [1.82, 2.24) is 15.1 Å². The molecule has 1 aromatic carbocycles. The summed E-state index contributed by atoms with van der Waals surface area (Å²) < 4.78 is 1.80. The highest BCUT2D eigenvalue weighted by molar-refractivity contribution is 5.32. The minimum atomic E-state index is 0.236. The Labute approximate surface area is 107 Å². The summed E-state index contributed by atoms with van der Waals surface area (Å²) in [6.45, 7) is 2.84. The maximum atomic E-state index is 8.75. The largest absolute Gasteiger partial charge is 0.304 e. The van der Waals surface area contributed by atoms with E-state index in [1.54, 1.807) is 4.68 Å². The van der Waals surface area contributed by atoms with Gasteiger partial charge in [0.25, 0.3) is 0 Å². The second-order valence-corrected chi connectivity index (χ2v) is 4.32. The molecule has 0 aliphatic heterocycles. The number of benzene rings is 1. The average Bonchev–Trinajstić information content (AvgIpc) is 2.82. The standard InChI is InChI=1S/C14H16N4/c1-11(13-5-3-12(9-15)4-6-13)16-10-14-7-8-18(2)17-14/h3-8,11,16H,10H2,1-2H3. The van der Waals surface area contributed by atoms with Crippen molar-refractivity contribution in [2.24, 2.45) is 7.05 Å². The molecule has 0 amide bonds. The van der Waals surface area contributed by atoms with Crippen LogP contribution in [0.1, 0.15) is 29.8 Å². The zero-order chi connectivity index (χ0) is 13.0. The monoisotopic (exact) mass is 240 g/mol. The first-order valence-electron chi connectivity index (χ1n) is 5.91. The minimum Gasteiger partial charge on any atom is -0.304 e. The van der Waals surface area contributed by atoms with Crippen molar-refractivity contribution >= 4 is 0 Å². The first kappa shape index (κ1) is 12.3. The molecular weight excluding hydrogens is 224 g/mol. The number of hydrogen-bond donors (Lipinski definition) is 1. The Balaban J connectivity index is 1.95. The third-order valence-corrected chi connectivity index (χ3v) is 2.90. The van der Waals surface area contributed by atoms with E-state index >= 15 is 0 Å². The van der Waals surface area contributed by atoms with E-state index in [2.05, 4.69) is 23.4 Å². The fourth-order valence-electron chi connectivity index (χ4n) is 1.78. The zero-order valence-corrected chi connectivity index (χ0v) is 10.6. The Bertz CT molecular complexity index is 548. The molecule has 2 rings (SSSR count). The lowest BCUT2D eigenvalue weighted by Gasteiger charge is -2.13. The smallest absolute Gasteiger partial charge is 0.0991 e. The molecular formula is C14H16N4. The summed E-state index contributed by atoms with van der Waals surface area (Å²) in [7, 11) is 1.91. The first-order valence-corrected chi connectivity index (χ1v) is 5.91. The van der Waals surface area contributed by atoms with Gasteiger partial charge in [0, 0.05) is 25.8 Å². The summed E-state index contributed by atoms with van der Waals surface area (Å²) >= 11 is 0. The van der Waals surface area contributed by atoms with Crippen LogP contribution in [0.3, 0.4) is 0 Å². The predicted molar refractivity (Wildman–Crippen MR) is 69.6 cm³/mol. The molecule has 0 bridgehead atoms. The van der Waals surface area contributed by atoms with E-state index < -0.39 is 0 Å². The minimum absolute atomic E-state index is 0.236. The highest BCUT2D eigenvalue weighted by Gasteiger charge is 2.05. The van der Waals surface area contributed by atoms with Crippen molar-refractivity contribution in [2.75, 3.05) is 0 Å². The average molecular weight is 240 g/mol. The first-order chi connectivity index (χ1) is 8.69. The van der Waals surface area contributed by atoms with Crippen LogP contribution in [0.4, 0.5) is 0 Å². The molecule has 1 heterocycles. The summed E-state index contributed by atoms with van der Waals surface area (Å²) in [5.74, 6) is 0. The molecule has 0 aliphatic carbocycles. The summed E-state index contributed by atoms with van der Waals surface area (Å²) in [6, 6.07) is 12.0. The van der Waals surface area contributed by atoms with Crippen molar-refractivity contribution in [3.05, 3.63) is 53.3 Å². The van der Waals surface area contributed by atoms with E-state index in [9.17, 15) is 0 Å². The van der Waals surface area contributed by atoms with Crippen LogP contribution in [-0.4, -0.2) is 9.78 Å². The van der Waals surface area contributed by atoms with Gasteiger partial charge in [0.05, 0.1) is 17.3 Å². The van der Waals surface area contributed by atoms with E-state index in [1.165, 1.54) is 5.56 Å². The third kappa shape index (κ3) is 2.96. The second-order valence-electron chi connectivity index (χ2n) is 4.32. The lowest BCUT2D eigenvalue weighted by molar-refractivity contribution is 0.562. The molecule has 0 fully saturated rings. The lowest BCUT2D eigenvalue weighted by Crippen LogP contribution is -2.18. The van der Waals surface area contributed by atoms with E-state index in [-0.39, 0.29) is 6.04 Å². The Morgan fingerprint density at radius 2 is 2.06 bits per heavy atom. The predicted octanol–water partition coefficient (Wildman–Crippen LogP) is 2.14. The molecule has 1 N–H and O–H groups in total. The summed E-state index contributed by atoms with van der Waals surface area (Å²) in [4.78, 5) is 0. The zero-order valence-electron chi connectivity index (χ0n) is 10.6. The number of rotatable bonds is 4. The molecule has 1 aromatic heterocycles. The van der Waals surface area contributed by atoms with Gasteiger partial charge in [-0.2, -0.15) is 10.4 Å². The van der Waals surface area contributed by atoms with Gasteiger partial charge in [0.15, 0.2) is 0 Å². The van der Waals surface area contributed by atoms with Gasteiger partial charge in [-0.05, 0) is 30.7 Å². The fraction of sp³-hybridized carbons (Fsp3) is 0.286. The van der Waals surface area contributed by atoms with E-state index in [0.29, 0.717) is 5.56 Å². The highest BCUT2D eigenvalue weighted by Crippen LogP contribution is 2.13. The molecule has 0 aliphatic rings. The maximum absolute atomic E-state index is 8.75. The number of nitrogens with zero attached hydrogens (tertiary/aromatic N) is 3. The summed E-state index contributed by atoms with van der Waals surface area (Å²) in [5, 5.41) is 16.5. The van der Waals surface area contributed by atoms with E-state index in [4.69, 9.17) is 5.26 Å². The van der Waals surface area contributed by atoms with Crippen molar-refractivity contribution in [2.45, 2.75) is 19.5 Å². The summed E-state index contributed by atoms with van der Waals surface area (Å²) in [5.41, 5.74) is 2.89. The molecule has 92 valence electrons. The van der Waals surface area contributed by atoms with Crippen LogP contribution in [0.25, 0.3) is 0 Å². The number of aromatic nitrogens is 2. The molecule has 2 aromatic rings. The van der Waals surface area contributed by atoms with Gasteiger partial charge in [0.1, 0.15) is 0 Å². The van der Waals surface area contributed by atoms with Crippen molar-refractivity contribution in [3.63, 3.8) is 0 Å². The molecule has 4 heteroatoms. The quantitative estimate of drug-likeness (QED) is 0.890. The lowest BCUT2D eigenvalue weighted by atomic mass is 10.1. The van der Waals surface area contributed by atoms with Gasteiger partial charge in [-0.1, -0.05) is 12.1 Å². The second kappa shape index (κ2) is 5.48. The van der Waals surface area contributed by atoms with Crippen molar-refractivity contribution in [1.29, 1.82) is 5.26 Å². The van der Waals surface area contributed by atoms with Crippen LogP contribution in [-0.2, 0) is 13.6 Å². The molecule has 0 spiro atoms. The van der Waals surface area contributed by atoms with Crippen LogP contribution in [0, 0.1) is 11.3 Å². The van der Waals surface area contributed by atoms with Gasteiger partial charge in [0.2, 0.25) is 0 Å². The Morgan fingerprint density at radius 3 is 2.61 bits per heavy atom. The highest BCUT2D eigenvalue weighted by atomic mass is 15.3. The molecule has 1 unspecified atom stereocenters. The normalized spacial score (nSPS) is 12.1. The number of nitrogens with one attached hydrogen (secondary N) is 1. The van der Waals surface area contributed by atoms with E-state index in [1.807, 2.05) is 43.6 Å². The fourth-order valence-corrected chi connectivity index (χ4v) is 1.78. The molecule has 4 nitrogen and oxygen atoms in total. The molecule has 0 radical (unpaired) electrons. The SMILES string of the molecule is CC(NCc1ccn(C)n1)c1ccc(C#N)cc1. The summed E-state index contributed by atoms with van der Waals surface area (Å²) in [6.07, 6.45) is 1.93. The van der Waals surface area contributed by atoms with Crippen molar-refractivity contribution in [3.8, 4) is 6.07 Å². The van der Waals surface area contributed by atoms with E-state index in [0.717, 1.165) is 12.2 Å². The van der Waals surface area contributed by atoms with Crippen LogP contribution in [0.5, 0.6) is 0 Å². The molecule has 1 atom stereocenters. The maximum Gasteiger partial charge on any atom is 0.0991 e. The van der Waals surface area contributed by atoms with Gasteiger partial charge in [-0.3, -0.25) is 4.68 Å². The third-order valence-electron chi connectivity index (χ3n) is 2.90. The van der Waals surface area contributed by atoms with Gasteiger partial charge in [-0.25, -0.2) is 0 Å². The van der Waals surface area contributed by atoms with Gasteiger partial charge in [-0.15, -0.1) is 0 Å². The number of hydrogen-bond acceptors (Lipinski definition) is 3. The van der Waals surface area contributed by atoms with Crippen LogP contribution < -0.4 is 5.32 Å². The van der Waals surface area contributed by atoms with Crippen LogP contribution in [0.2, 0.25) is 0 Å². The number of aryl methyl sites for hydroxylation is 1. The van der Waals surface area contributed by atoms with Crippen molar-refractivity contribution < 1.29 is 0 Å². The van der Waals surface area contributed by atoms with Crippen LogP contribution in [0.15, 0.2) is 36.5 Å².